The predicted molar refractivity (Wildman–Crippen MR) is 172 cm³/mol. The second kappa shape index (κ2) is 12.5. The predicted octanol–water partition coefficient (Wildman–Crippen LogP) is 6.14. The highest BCUT2D eigenvalue weighted by Crippen LogP contribution is 2.60. The number of nitrogens with zero attached hydrogens (tertiary/aromatic N) is 3. The fourth-order valence-corrected chi connectivity index (χ4v) is 8.58. The molecule has 0 radical (unpaired) electrons. The van der Waals surface area contributed by atoms with Crippen molar-refractivity contribution < 1.29 is 33.6 Å². The number of ether oxygens (including phenoxy) is 1. The summed E-state index contributed by atoms with van der Waals surface area (Å²) in [6, 6.07) is 14.4. The van der Waals surface area contributed by atoms with Crippen LogP contribution in [-0.4, -0.2) is 60.6 Å². The summed E-state index contributed by atoms with van der Waals surface area (Å²) in [6.07, 6.45) is 0.688. The van der Waals surface area contributed by atoms with Crippen LogP contribution < -0.4 is 4.74 Å². The maximum atomic E-state index is 13.9. The smallest absolute Gasteiger partial charge is 0.343 e. The third-order valence-corrected chi connectivity index (χ3v) is 12.5. The van der Waals surface area contributed by atoms with E-state index in [4.69, 9.17) is 27.9 Å². The SMILES string of the molecule is O=C(CN(C(=O)c1ccc(Cl)c(Cl)c1)N1C(=O)[C@@H]2[C@H]3C[C@@H]([C@H](Br)[C@H]3Br)[C@@H]2C1=O)c1ccc(OC(=O)c2ccc([N+](=O)[O-])cc2)cc1. The molecule has 1 saturated heterocycles. The zero-order valence-corrected chi connectivity index (χ0v) is 28.0. The lowest BCUT2D eigenvalue weighted by Gasteiger charge is -2.31. The number of hydrazine groups is 1. The van der Waals surface area contributed by atoms with Crippen LogP contribution in [0.15, 0.2) is 66.7 Å². The number of imide groups is 1. The van der Waals surface area contributed by atoms with Crippen LogP contribution in [0.2, 0.25) is 10.0 Å². The molecule has 6 rings (SSSR count). The highest BCUT2D eigenvalue weighted by molar-refractivity contribution is 9.12. The molecule has 2 bridgehead atoms. The molecule has 0 aromatic heterocycles. The summed E-state index contributed by atoms with van der Waals surface area (Å²) in [6.45, 7) is -0.650. The van der Waals surface area contributed by atoms with Crippen molar-refractivity contribution in [1.29, 1.82) is 0 Å². The van der Waals surface area contributed by atoms with Crippen molar-refractivity contribution in [2.75, 3.05) is 6.54 Å². The third-order valence-electron chi connectivity index (χ3n) is 8.60. The van der Waals surface area contributed by atoms with Crippen LogP contribution in [0.1, 0.15) is 37.5 Å². The summed E-state index contributed by atoms with van der Waals surface area (Å²) in [5.41, 5.74) is 0.0343. The van der Waals surface area contributed by atoms with Crippen molar-refractivity contribution in [3.8, 4) is 5.75 Å². The zero-order valence-electron chi connectivity index (χ0n) is 23.3. The number of Topliss-reactive ketones (excluding diaryl/α,β-unsaturated/α-hetero) is 1. The Balaban J connectivity index is 1.24. The number of nitro benzene ring substituents is 1. The highest BCUT2D eigenvalue weighted by atomic mass is 79.9. The number of ketones is 1. The van der Waals surface area contributed by atoms with Crippen molar-refractivity contribution in [3.05, 3.63) is 104 Å². The number of hydrogen-bond acceptors (Lipinski definition) is 8. The maximum absolute atomic E-state index is 13.9. The van der Waals surface area contributed by atoms with E-state index in [1.165, 1.54) is 66.7 Å². The van der Waals surface area contributed by atoms with E-state index in [1.807, 2.05) is 0 Å². The lowest BCUT2D eigenvalue weighted by molar-refractivity contribution is -0.384. The largest absolute Gasteiger partial charge is 0.423 e. The maximum Gasteiger partial charge on any atom is 0.343 e. The van der Waals surface area contributed by atoms with Crippen LogP contribution in [0.4, 0.5) is 5.69 Å². The second-order valence-electron chi connectivity index (χ2n) is 11.1. The van der Waals surface area contributed by atoms with Gasteiger partial charge in [-0.1, -0.05) is 55.1 Å². The first-order valence-electron chi connectivity index (χ1n) is 13.9. The van der Waals surface area contributed by atoms with E-state index in [9.17, 15) is 34.1 Å². The van der Waals surface area contributed by atoms with E-state index < -0.39 is 52.8 Å². The number of amides is 3. The fraction of sp³-hybridized carbons (Fsp3) is 0.258. The number of benzene rings is 3. The van der Waals surface area contributed by atoms with E-state index in [0.717, 1.165) is 10.0 Å². The molecule has 0 N–H and O–H groups in total. The lowest BCUT2D eigenvalue weighted by Crippen LogP contribution is -2.52. The Kier molecular flexibility index (Phi) is 8.79. The molecule has 3 amide bonds. The summed E-state index contributed by atoms with van der Waals surface area (Å²) in [7, 11) is 0. The van der Waals surface area contributed by atoms with E-state index in [1.54, 1.807) is 0 Å². The Labute approximate surface area is 288 Å². The first-order valence-corrected chi connectivity index (χ1v) is 16.5. The van der Waals surface area contributed by atoms with E-state index in [0.29, 0.717) is 6.42 Å². The zero-order chi connectivity index (χ0) is 33.0. The number of carbonyl (C=O) groups is 5. The first-order chi connectivity index (χ1) is 21.9. The number of esters is 1. The van der Waals surface area contributed by atoms with Gasteiger partial charge in [0.1, 0.15) is 12.3 Å². The molecule has 3 aromatic rings. The van der Waals surface area contributed by atoms with Gasteiger partial charge in [-0.25, -0.2) is 9.80 Å². The van der Waals surface area contributed by atoms with Gasteiger partial charge in [-0.15, -0.1) is 0 Å². The Morgan fingerprint density at radius 3 is 1.93 bits per heavy atom. The van der Waals surface area contributed by atoms with Crippen LogP contribution in [0.25, 0.3) is 0 Å². The number of fused-ring (bicyclic) bond motifs is 5. The molecule has 46 heavy (non-hydrogen) atoms. The van der Waals surface area contributed by atoms with Gasteiger partial charge in [-0.3, -0.25) is 29.3 Å². The summed E-state index contributed by atoms with van der Waals surface area (Å²) in [5.74, 6) is -4.62. The van der Waals surface area contributed by atoms with Crippen LogP contribution in [0, 0.1) is 33.8 Å². The molecule has 6 atom stereocenters. The normalized spacial score (nSPS) is 24.6. The topological polar surface area (TPSA) is 144 Å². The highest BCUT2D eigenvalue weighted by Gasteiger charge is 2.67. The number of carbonyl (C=O) groups excluding carboxylic acids is 5. The molecule has 0 spiro atoms. The minimum atomic E-state index is -0.791. The van der Waals surface area contributed by atoms with Crippen molar-refractivity contribution in [2.24, 2.45) is 23.7 Å². The Bertz CT molecular complexity index is 1770. The number of rotatable bonds is 8. The molecular formula is C31H21Br2Cl2N3O8. The Hall–Kier alpha value is -3.65. The monoisotopic (exact) mass is 791 g/mol. The Morgan fingerprint density at radius 2 is 1.39 bits per heavy atom. The first kappa shape index (κ1) is 32.3. The standard InChI is InChI=1S/C31H21Br2Cl2N3O8/c32-26-19-12-20(27(26)33)25-24(19)29(41)37(30(25)42)36(28(40)16-5-10-21(34)22(35)11-16)13-23(39)14-3-8-18(9-4-14)46-31(43)15-1-6-17(7-2-15)38(44)45/h1-11,19-20,24-27H,12-13H2/t19-,20-,24-,25+,26+,27+/m1/s1. The average molecular weight is 794 g/mol. The van der Waals surface area contributed by atoms with Crippen molar-refractivity contribution in [2.45, 2.75) is 16.1 Å². The van der Waals surface area contributed by atoms with E-state index in [2.05, 4.69) is 31.9 Å². The number of alkyl halides is 2. The average Bonchev–Trinajstić information content (AvgIpc) is 3.65. The minimum absolute atomic E-state index is 0.0214. The van der Waals surface area contributed by atoms with Crippen molar-refractivity contribution in [1.82, 2.24) is 10.0 Å². The molecule has 1 aliphatic heterocycles. The van der Waals surface area contributed by atoms with Gasteiger partial charge < -0.3 is 4.74 Å². The molecule has 2 saturated carbocycles. The van der Waals surface area contributed by atoms with Gasteiger partial charge in [0, 0.05) is 32.9 Å². The number of non-ortho nitro benzene ring substituents is 1. The van der Waals surface area contributed by atoms with Gasteiger partial charge in [-0.2, -0.15) is 5.01 Å². The molecule has 3 aliphatic rings. The molecule has 236 valence electrons. The molecule has 3 fully saturated rings. The molecular weight excluding hydrogens is 773 g/mol. The molecule has 11 nitrogen and oxygen atoms in total. The van der Waals surface area contributed by atoms with E-state index >= 15 is 0 Å². The molecule has 0 unspecified atom stereocenters. The van der Waals surface area contributed by atoms with Gasteiger partial charge in [0.2, 0.25) is 0 Å². The summed E-state index contributed by atoms with van der Waals surface area (Å²) in [4.78, 5) is 77.7. The van der Waals surface area contributed by atoms with Gasteiger partial charge in [-0.05, 0) is 72.9 Å². The molecule has 1 heterocycles. The van der Waals surface area contributed by atoms with Crippen molar-refractivity contribution in [3.63, 3.8) is 0 Å². The van der Waals surface area contributed by atoms with Gasteiger partial charge in [0.25, 0.3) is 23.4 Å². The van der Waals surface area contributed by atoms with Crippen LogP contribution in [0.3, 0.4) is 0 Å². The molecule has 3 aromatic carbocycles. The van der Waals surface area contributed by atoms with Gasteiger partial charge in [0.15, 0.2) is 5.78 Å². The third kappa shape index (κ3) is 5.63. The number of halogens is 4. The Morgan fingerprint density at radius 1 is 0.848 bits per heavy atom. The molecule has 2 aliphatic carbocycles. The van der Waals surface area contributed by atoms with Gasteiger partial charge >= 0.3 is 5.97 Å². The summed E-state index contributed by atoms with van der Waals surface area (Å²) < 4.78 is 5.32. The summed E-state index contributed by atoms with van der Waals surface area (Å²) >= 11 is 19.5. The van der Waals surface area contributed by atoms with Crippen LogP contribution in [0.5, 0.6) is 5.75 Å². The quantitative estimate of drug-likeness (QED) is 0.0504. The van der Waals surface area contributed by atoms with Crippen LogP contribution >= 0.6 is 55.1 Å². The van der Waals surface area contributed by atoms with Gasteiger partial charge in [0.05, 0.1) is 32.4 Å². The molecule has 15 heteroatoms. The second-order valence-corrected chi connectivity index (χ2v) is 14.1. The number of hydrogen-bond donors (Lipinski definition) is 0. The van der Waals surface area contributed by atoms with Crippen molar-refractivity contribution >= 4 is 90.2 Å². The number of nitro groups is 1. The van der Waals surface area contributed by atoms with Crippen LogP contribution in [-0.2, 0) is 9.59 Å². The van der Waals surface area contributed by atoms with E-state index in [-0.39, 0.29) is 59.7 Å². The lowest BCUT2D eigenvalue weighted by atomic mass is 9.81. The summed E-state index contributed by atoms with van der Waals surface area (Å²) in [5, 5.41) is 12.8. The fourth-order valence-electron chi connectivity index (χ4n) is 6.40. The minimum Gasteiger partial charge on any atom is -0.423 e.